The van der Waals surface area contributed by atoms with Crippen LogP contribution in [0.5, 0.6) is 0 Å². The van der Waals surface area contributed by atoms with Crippen molar-refractivity contribution >= 4 is 11.7 Å². The number of nitrogens with zero attached hydrogens (tertiary/aromatic N) is 2. The highest BCUT2D eigenvalue weighted by atomic mass is 16.2. The van der Waals surface area contributed by atoms with Crippen LogP contribution in [0.2, 0.25) is 0 Å². The molecule has 0 unspecified atom stereocenters. The van der Waals surface area contributed by atoms with Crippen molar-refractivity contribution < 1.29 is 4.79 Å². The minimum Gasteiger partial charge on any atom is -0.320 e. The standard InChI is InChI=1S/C15H20N2O/c18-15-16(13-7-3-1-4-8-13)11-12-17(15)14-9-5-2-6-10-14/h1,3-4,7-8,14H,2,5-6,9-12H2. The number of carbonyl (C=O) groups excluding carboxylic acids is 1. The van der Waals surface area contributed by atoms with Gasteiger partial charge in [-0.05, 0) is 25.0 Å². The van der Waals surface area contributed by atoms with Crippen LogP contribution in [0.1, 0.15) is 32.1 Å². The molecule has 0 atom stereocenters. The highest BCUT2D eigenvalue weighted by Crippen LogP contribution is 2.27. The minimum atomic E-state index is 0.202. The van der Waals surface area contributed by atoms with Crippen molar-refractivity contribution in [2.24, 2.45) is 0 Å². The quantitative estimate of drug-likeness (QED) is 0.783. The molecule has 1 saturated carbocycles. The number of rotatable bonds is 2. The van der Waals surface area contributed by atoms with Crippen molar-refractivity contribution in [3.8, 4) is 0 Å². The molecule has 2 fully saturated rings. The van der Waals surface area contributed by atoms with Crippen molar-refractivity contribution in [1.82, 2.24) is 4.90 Å². The van der Waals surface area contributed by atoms with E-state index in [1.807, 2.05) is 35.2 Å². The molecular formula is C15H20N2O. The second kappa shape index (κ2) is 5.01. The van der Waals surface area contributed by atoms with Gasteiger partial charge in [-0.25, -0.2) is 4.79 Å². The Kier molecular flexibility index (Phi) is 3.22. The fourth-order valence-electron chi connectivity index (χ4n) is 3.13. The first-order valence-corrected chi connectivity index (χ1v) is 6.99. The van der Waals surface area contributed by atoms with Gasteiger partial charge in [0.05, 0.1) is 0 Å². The van der Waals surface area contributed by atoms with E-state index in [-0.39, 0.29) is 6.03 Å². The van der Waals surface area contributed by atoms with Crippen LogP contribution >= 0.6 is 0 Å². The average molecular weight is 244 g/mol. The van der Waals surface area contributed by atoms with Gasteiger partial charge in [-0.2, -0.15) is 0 Å². The van der Waals surface area contributed by atoms with Gasteiger partial charge < -0.3 is 4.90 Å². The molecule has 1 aromatic carbocycles. The van der Waals surface area contributed by atoms with Crippen LogP contribution in [0.25, 0.3) is 0 Å². The smallest absolute Gasteiger partial charge is 0.320 e. The van der Waals surface area contributed by atoms with Crippen molar-refractivity contribution in [2.75, 3.05) is 18.0 Å². The fourth-order valence-corrected chi connectivity index (χ4v) is 3.13. The number of benzene rings is 1. The third kappa shape index (κ3) is 2.09. The number of anilines is 1. The second-order valence-electron chi connectivity index (χ2n) is 5.25. The molecule has 0 spiro atoms. The molecule has 0 N–H and O–H groups in total. The molecule has 3 heteroatoms. The van der Waals surface area contributed by atoms with Crippen LogP contribution in [0, 0.1) is 0 Å². The van der Waals surface area contributed by atoms with E-state index in [0.29, 0.717) is 6.04 Å². The van der Waals surface area contributed by atoms with Crippen LogP contribution < -0.4 is 4.90 Å². The van der Waals surface area contributed by atoms with E-state index in [1.165, 1.54) is 32.1 Å². The maximum atomic E-state index is 12.5. The molecule has 1 heterocycles. The molecule has 2 amide bonds. The molecule has 18 heavy (non-hydrogen) atoms. The molecule has 96 valence electrons. The molecule has 1 aliphatic carbocycles. The third-order valence-corrected chi connectivity index (χ3v) is 4.12. The zero-order valence-electron chi connectivity index (χ0n) is 10.7. The van der Waals surface area contributed by atoms with Crippen molar-refractivity contribution in [2.45, 2.75) is 38.1 Å². The Morgan fingerprint density at radius 1 is 0.944 bits per heavy atom. The van der Waals surface area contributed by atoms with Gasteiger partial charge in [0.2, 0.25) is 0 Å². The Balaban J connectivity index is 1.72. The van der Waals surface area contributed by atoms with Crippen molar-refractivity contribution in [3.63, 3.8) is 0 Å². The lowest BCUT2D eigenvalue weighted by Crippen LogP contribution is -2.40. The maximum Gasteiger partial charge on any atom is 0.324 e. The predicted octanol–water partition coefficient (Wildman–Crippen LogP) is 3.26. The Bertz CT molecular complexity index is 412. The summed E-state index contributed by atoms with van der Waals surface area (Å²) in [7, 11) is 0. The zero-order valence-corrected chi connectivity index (χ0v) is 10.7. The van der Waals surface area contributed by atoms with Gasteiger partial charge >= 0.3 is 6.03 Å². The summed E-state index contributed by atoms with van der Waals surface area (Å²) < 4.78 is 0. The number of carbonyl (C=O) groups is 1. The van der Waals surface area contributed by atoms with Gasteiger partial charge in [0.15, 0.2) is 0 Å². The van der Waals surface area contributed by atoms with Crippen molar-refractivity contribution in [1.29, 1.82) is 0 Å². The van der Waals surface area contributed by atoms with Crippen LogP contribution in [0.4, 0.5) is 10.5 Å². The molecular weight excluding hydrogens is 224 g/mol. The topological polar surface area (TPSA) is 23.6 Å². The summed E-state index contributed by atoms with van der Waals surface area (Å²) in [6.07, 6.45) is 6.27. The van der Waals surface area contributed by atoms with Crippen molar-refractivity contribution in [3.05, 3.63) is 30.3 Å². The molecule has 0 bridgehead atoms. The number of hydrogen-bond donors (Lipinski definition) is 0. The lowest BCUT2D eigenvalue weighted by molar-refractivity contribution is 0.181. The van der Waals surface area contributed by atoms with E-state index >= 15 is 0 Å². The van der Waals surface area contributed by atoms with E-state index < -0.39 is 0 Å². The highest BCUT2D eigenvalue weighted by molar-refractivity contribution is 5.94. The molecule has 0 aromatic heterocycles. The Morgan fingerprint density at radius 2 is 1.67 bits per heavy atom. The number of amides is 2. The Hall–Kier alpha value is -1.51. The van der Waals surface area contributed by atoms with Crippen LogP contribution in [-0.2, 0) is 0 Å². The van der Waals surface area contributed by atoms with Crippen LogP contribution in [-0.4, -0.2) is 30.1 Å². The monoisotopic (exact) mass is 244 g/mol. The molecule has 1 saturated heterocycles. The van der Waals surface area contributed by atoms with Gasteiger partial charge in [-0.1, -0.05) is 37.5 Å². The molecule has 2 aliphatic rings. The first-order chi connectivity index (χ1) is 8.86. The molecule has 1 aromatic rings. The summed E-state index contributed by atoms with van der Waals surface area (Å²) in [5.74, 6) is 0. The number of para-hydroxylation sites is 1. The first-order valence-electron chi connectivity index (χ1n) is 6.99. The van der Waals surface area contributed by atoms with E-state index in [1.54, 1.807) is 0 Å². The Labute approximate surface area is 108 Å². The molecule has 3 rings (SSSR count). The lowest BCUT2D eigenvalue weighted by Gasteiger charge is -2.30. The fraction of sp³-hybridized carbons (Fsp3) is 0.533. The summed E-state index contributed by atoms with van der Waals surface area (Å²) in [5.41, 5.74) is 1.03. The van der Waals surface area contributed by atoms with Gasteiger partial charge in [-0.3, -0.25) is 4.90 Å². The summed E-state index contributed by atoms with van der Waals surface area (Å²) in [6.45, 7) is 1.72. The zero-order chi connectivity index (χ0) is 12.4. The highest BCUT2D eigenvalue weighted by Gasteiger charge is 2.34. The van der Waals surface area contributed by atoms with E-state index in [9.17, 15) is 4.79 Å². The summed E-state index contributed by atoms with van der Waals surface area (Å²) >= 11 is 0. The van der Waals surface area contributed by atoms with Gasteiger partial charge in [0.1, 0.15) is 0 Å². The van der Waals surface area contributed by atoms with E-state index in [4.69, 9.17) is 0 Å². The molecule has 3 nitrogen and oxygen atoms in total. The van der Waals surface area contributed by atoms with Crippen LogP contribution in [0.3, 0.4) is 0 Å². The van der Waals surface area contributed by atoms with Gasteiger partial charge in [0, 0.05) is 24.8 Å². The minimum absolute atomic E-state index is 0.202. The van der Waals surface area contributed by atoms with Gasteiger partial charge in [-0.15, -0.1) is 0 Å². The predicted molar refractivity (Wildman–Crippen MR) is 72.8 cm³/mol. The first kappa shape index (κ1) is 11.6. The number of hydrogen-bond acceptors (Lipinski definition) is 1. The third-order valence-electron chi connectivity index (χ3n) is 4.12. The second-order valence-corrected chi connectivity index (χ2v) is 5.25. The average Bonchev–Trinajstić information content (AvgIpc) is 2.83. The maximum absolute atomic E-state index is 12.5. The van der Waals surface area contributed by atoms with Crippen LogP contribution in [0.15, 0.2) is 30.3 Å². The summed E-state index contributed by atoms with van der Waals surface area (Å²) in [5, 5.41) is 0. The molecule has 0 radical (unpaired) electrons. The van der Waals surface area contributed by atoms with E-state index in [0.717, 1.165) is 18.8 Å². The summed E-state index contributed by atoms with van der Waals surface area (Å²) in [6, 6.07) is 10.7. The van der Waals surface area contributed by atoms with Gasteiger partial charge in [0.25, 0.3) is 0 Å². The normalized spacial score (nSPS) is 21.7. The number of urea groups is 1. The largest absolute Gasteiger partial charge is 0.324 e. The SMILES string of the molecule is O=C1N(c2ccccc2)CCN1C1CCCCC1. The lowest BCUT2D eigenvalue weighted by atomic mass is 9.94. The van der Waals surface area contributed by atoms with E-state index in [2.05, 4.69) is 4.90 Å². The summed E-state index contributed by atoms with van der Waals surface area (Å²) in [4.78, 5) is 16.5. The molecule has 1 aliphatic heterocycles. The Morgan fingerprint density at radius 3 is 2.39 bits per heavy atom.